The maximum atomic E-state index is 13.2. The fraction of sp³-hybridized carbons (Fsp3) is 0.522. The third-order valence-corrected chi connectivity index (χ3v) is 6.92. The summed E-state index contributed by atoms with van der Waals surface area (Å²) in [7, 11) is 0. The van der Waals surface area contributed by atoms with Gasteiger partial charge in [-0.1, -0.05) is 17.7 Å². The summed E-state index contributed by atoms with van der Waals surface area (Å²) in [5, 5.41) is 3.36. The van der Waals surface area contributed by atoms with E-state index in [-0.39, 0.29) is 12.0 Å². The van der Waals surface area contributed by atoms with Crippen LogP contribution < -0.4 is 15.1 Å². The van der Waals surface area contributed by atoms with Crippen molar-refractivity contribution in [3.05, 3.63) is 41.0 Å². The number of halogens is 1. The minimum atomic E-state index is -0.217. The number of rotatable bonds is 4. The Morgan fingerprint density at radius 1 is 1.10 bits per heavy atom. The minimum Gasteiger partial charge on any atom is -0.375 e. The van der Waals surface area contributed by atoms with E-state index < -0.39 is 0 Å². The van der Waals surface area contributed by atoms with Crippen LogP contribution in [0, 0.1) is 5.41 Å². The second-order valence-electron chi connectivity index (χ2n) is 8.95. The van der Waals surface area contributed by atoms with Crippen molar-refractivity contribution in [2.24, 2.45) is 5.41 Å². The first-order chi connectivity index (χ1) is 15.0. The molecule has 0 bridgehead atoms. The van der Waals surface area contributed by atoms with Crippen LogP contribution in [0.3, 0.4) is 0 Å². The normalized spacial score (nSPS) is 22.5. The molecular formula is C23H28ClN5O2. The van der Waals surface area contributed by atoms with Crippen molar-refractivity contribution in [2.45, 2.75) is 38.7 Å². The summed E-state index contributed by atoms with van der Waals surface area (Å²) < 4.78 is 5.62. The molecule has 0 aromatic carbocycles. The largest absolute Gasteiger partial charge is 0.375 e. The number of hydrogen-bond acceptors (Lipinski definition) is 6. The van der Waals surface area contributed by atoms with Gasteiger partial charge in [0.25, 0.3) is 5.91 Å². The van der Waals surface area contributed by atoms with E-state index in [2.05, 4.69) is 32.0 Å². The third kappa shape index (κ3) is 4.48. The van der Waals surface area contributed by atoms with Gasteiger partial charge in [0.15, 0.2) is 0 Å². The van der Waals surface area contributed by atoms with Crippen molar-refractivity contribution < 1.29 is 9.53 Å². The Morgan fingerprint density at radius 2 is 1.90 bits per heavy atom. The van der Waals surface area contributed by atoms with Crippen LogP contribution in [0.5, 0.6) is 0 Å². The summed E-state index contributed by atoms with van der Waals surface area (Å²) in [4.78, 5) is 26.7. The highest BCUT2D eigenvalue weighted by atomic mass is 35.5. The highest BCUT2D eigenvalue weighted by Crippen LogP contribution is 2.54. The van der Waals surface area contributed by atoms with Crippen molar-refractivity contribution in [2.75, 3.05) is 47.9 Å². The number of hydrogen-bond donors (Lipinski definition) is 1. The molecule has 8 heteroatoms. The topological polar surface area (TPSA) is 70.6 Å². The van der Waals surface area contributed by atoms with Gasteiger partial charge in [0.2, 0.25) is 0 Å². The first-order valence-electron chi connectivity index (χ1n) is 11.1. The molecule has 4 heterocycles. The van der Waals surface area contributed by atoms with E-state index in [9.17, 15) is 4.79 Å². The lowest BCUT2D eigenvalue weighted by atomic mass is 9.93. The predicted octanol–water partition coefficient (Wildman–Crippen LogP) is 3.99. The number of anilines is 3. The van der Waals surface area contributed by atoms with Crippen LogP contribution >= 0.6 is 11.6 Å². The molecule has 3 aliphatic rings. The van der Waals surface area contributed by atoms with Crippen molar-refractivity contribution in [1.29, 1.82) is 0 Å². The van der Waals surface area contributed by atoms with Gasteiger partial charge in [-0.2, -0.15) is 0 Å². The Labute approximate surface area is 187 Å². The summed E-state index contributed by atoms with van der Waals surface area (Å²) >= 11 is 6.19. The molecule has 1 saturated carbocycles. The molecular weight excluding hydrogens is 414 g/mol. The third-order valence-electron chi connectivity index (χ3n) is 6.71. The molecule has 5 rings (SSSR count). The fourth-order valence-electron chi connectivity index (χ4n) is 4.59. The number of pyridine rings is 2. The van der Waals surface area contributed by atoms with Crippen molar-refractivity contribution in [3.63, 3.8) is 0 Å². The second kappa shape index (κ2) is 8.28. The maximum Gasteiger partial charge on any atom is 0.260 e. The average Bonchev–Trinajstić information content (AvgIpc) is 3.53. The van der Waals surface area contributed by atoms with Crippen LogP contribution in [0.15, 0.2) is 30.3 Å². The Kier molecular flexibility index (Phi) is 5.48. The predicted molar refractivity (Wildman–Crippen MR) is 122 cm³/mol. The molecule has 2 aromatic rings. The van der Waals surface area contributed by atoms with Gasteiger partial charge < -0.3 is 19.9 Å². The standard InChI is InChI=1S/C23H28ClN5O2/c1-16-15-29(13-14-31-16)20-4-2-3-19(26-20)27-22(30)17-5-6-18(24)25-21(17)28-11-9-23(7-8-23)10-12-28/h2-6,16H,7-15H2,1H3,(H,26,27,30)/t16-/m1/s1. The van der Waals surface area contributed by atoms with Gasteiger partial charge in [-0.05, 0) is 62.3 Å². The number of carbonyl (C=O) groups is 1. The molecule has 2 saturated heterocycles. The zero-order valence-electron chi connectivity index (χ0n) is 17.8. The van der Waals surface area contributed by atoms with Gasteiger partial charge in [0.05, 0.1) is 18.3 Å². The summed E-state index contributed by atoms with van der Waals surface area (Å²) in [6.45, 7) is 6.13. The van der Waals surface area contributed by atoms with Gasteiger partial charge in [0, 0.05) is 26.2 Å². The average molecular weight is 442 g/mol. The molecule has 31 heavy (non-hydrogen) atoms. The van der Waals surface area contributed by atoms with E-state index in [1.54, 1.807) is 12.1 Å². The fourth-order valence-corrected chi connectivity index (χ4v) is 4.74. The highest BCUT2D eigenvalue weighted by Gasteiger charge is 2.44. The molecule has 1 spiro atoms. The van der Waals surface area contributed by atoms with Gasteiger partial charge in [0.1, 0.15) is 22.6 Å². The zero-order valence-corrected chi connectivity index (χ0v) is 18.6. The Hall–Kier alpha value is -2.38. The number of ether oxygens (including phenoxy) is 1. The lowest BCUT2D eigenvalue weighted by Crippen LogP contribution is -2.41. The quantitative estimate of drug-likeness (QED) is 0.723. The molecule has 0 unspecified atom stereocenters. The van der Waals surface area contributed by atoms with Crippen molar-refractivity contribution in [3.8, 4) is 0 Å². The summed E-state index contributed by atoms with van der Waals surface area (Å²) in [6.07, 6.45) is 5.14. The van der Waals surface area contributed by atoms with Crippen LogP contribution in [0.25, 0.3) is 0 Å². The zero-order chi connectivity index (χ0) is 21.4. The number of morpholine rings is 1. The SMILES string of the molecule is C[C@@H]1CN(c2cccc(NC(=O)c3ccc(Cl)nc3N3CCC4(CC3)CC4)n2)CCO1. The van der Waals surface area contributed by atoms with E-state index in [0.717, 1.165) is 44.8 Å². The van der Waals surface area contributed by atoms with Gasteiger partial charge in [-0.15, -0.1) is 0 Å². The number of aromatic nitrogens is 2. The molecule has 3 fully saturated rings. The van der Waals surface area contributed by atoms with Gasteiger partial charge >= 0.3 is 0 Å². The molecule has 164 valence electrons. The smallest absolute Gasteiger partial charge is 0.260 e. The van der Waals surface area contributed by atoms with E-state index in [1.165, 1.54) is 12.8 Å². The molecule has 2 aliphatic heterocycles. The van der Waals surface area contributed by atoms with E-state index in [4.69, 9.17) is 16.3 Å². The maximum absolute atomic E-state index is 13.2. The highest BCUT2D eigenvalue weighted by molar-refractivity contribution is 6.29. The van der Waals surface area contributed by atoms with Crippen LogP contribution in [-0.4, -0.2) is 54.8 Å². The van der Waals surface area contributed by atoms with E-state index >= 15 is 0 Å². The molecule has 2 aromatic heterocycles. The number of piperidine rings is 1. The molecule has 0 radical (unpaired) electrons. The number of nitrogens with one attached hydrogen (secondary N) is 1. The van der Waals surface area contributed by atoms with Crippen LogP contribution in [0.1, 0.15) is 43.0 Å². The Balaban J connectivity index is 1.33. The Bertz CT molecular complexity index is 970. The van der Waals surface area contributed by atoms with Crippen LogP contribution in [-0.2, 0) is 4.74 Å². The number of nitrogens with zero attached hydrogens (tertiary/aromatic N) is 4. The van der Waals surface area contributed by atoms with Crippen molar-refractivity contribution in [1.82, 2.24) is 9.97 Å². The van der Waals surface area contributed by atoms with E-state index in [0.29, 0.717) is 34.4 Å². The molecule has 7 nitrogen and oxygen atoms in total. The minimum absolute atomic E-state index is 0.163. The van der Waals surface area contributed by atoms with Crippen molar-refractivity contribution >= 4 is 35.0 Å². The molecule has 1 amide bonds. The molecule has 1 N–H and O–H groups in total. The summed E-state index contributed by atoms with van der Waals surface area (Å²) in [5.74, 6) is 1.82. The number of amides is 1. The molecule has 1 aliphatic carbocycles. The summed E-state index contributed by atoms with van der Waals surface area (Å²) in [6, 6.07) is 9.12. The van der Waals surface area contributed by atoms with Crippen LogP contribution in [0.4, 0.5) is 17.5 Å². The monoisotopic (exact) mass is 441 g/mol. The lowest BCUT2D eigenvalue weighted by Gasteiger charge is -2.34. The van der Waals surface area contributed by atoms with Gasteiger partial charge in [-0.3, -0.25) is 4.79 Å². The van der Waals surface area contributed by atoms with Gasteiger partial charge in [-0.25, -0.2) is 9.97 Å². The Morgan fingerprint density at radius 3 is 2.65 bits per heavy atom. The van der Waals surface area contributed by atoms with E-state index in [1.807, 2.05) is 18.2 Å². The summed E-state index contributed by atoms with van der Waals surface area (Å²) in [5.41, 5.74) is 1.09. The molecule has 1 atom stereocenters. The lowest BCUT2D eigenvalue weighted by molar-refractivity contribution is 0.0529. The number of carbonyl (C=O) groups excluding carboxylic acids is 1. The first-order valence-corrected chi connectivity index (χ1v) is 11.5. The first kappa shape index (κ1) is 20.5. The van der Waals surface area contributed by atoms with Crippen LogP contribution in [0.2, 0.25) is 5.15 Å². The second-order valence-corrected chi connectivity index (χ2v) is 9.34.